The maximum absolute atomic E-state index is 13.3. The number of aliphatic carboxylic acids is 1. The van der Waals surface area contributed by atoms with E-state index in [9.17, 15) is 19.5 Å². The summed E-state index contributed by atoms with van der Waals surface area (Å²) in [5, 5.41) is 28.6. The molecule has 16 heteroatoms. The van der Waals surface area contributed by atoms with Gasteiger partial charge in [-0.05, 0) is 24.5 Å². The Morgan fingerprint density at radius 2 is 1.98 bits per heavy atom. The summed E-state index contributed by atoms with van der Waals surface area (Å²) in [5.74, 6) is -1.83. The highest BCUT2D eigenvalue weighted by molar-refractivity contribution is 8.00. The number of amides is 2. The van der Waals surface area contributed by atoms with Crippen molar-refractivity contribution < 1.29 is 28.9 Å². The molecule has 0 spiro atoms. The number of nitrogens with zero attached hydrogens (tertiary/aromatic N) is 6. The quantitative estimate of drug-likeness (QED) is 0.0711. The molecule has 0 unspecified atom stereocenters. The fourth-order valence-electron chi connectivity index (χ4n) is 6.48. The van der Waals surface area contributed by atoms with Crippen LogP contribution in [0.25, 0.3) is 11.0 Å². The van der Waals surface area contributed by atoms with Crippen LogP contribution in [-0.4, -0.2) is 86.0 Å². The van der Waals surface area contributed by atoms with Crippen molar-refractivity contribution in [2.24, 2.45) is 5.16 Å². The van der Waals surface area contributed by atoms with E-state index in [1.54, 1.807) is 5.38 Å². The van der Waals surface area contributed by atoms with Gasteiger partial charge < -0.3 is 35.3 Å². The molecule has 6 heterocycles. The van der Waals surface area contributed by atoms with Gasteiger partial charge in [0.05, 0.1) is 11.7 Å². The second-order valence-electron chi connectivity index (χ2n) is 11.9. The average Bonchev–Trinajstić information content (AvgIpc) is 3.88. The van der Waals surface area contributed by atoms with Gasteiger partial charge in [-0.3, -0.25) is 19.9 Å². The predicted octanol–water partition coefficient (Wildman–Crippen LogP) is 0.892. The van der Waals surface area contributed by atoms with Crippen LogP contribution in [0.2, 0.25) is 0 Å². The zero-order valence-corrected chi connectivity index (χ0v) is 28.1. The first-order valence-corrected chi connectivity index (χ1v) is 17.6. The fraction of sp³-hybridized carbons (Fsp3) is 0.303. The molecule has 14 nitrogen and oxygen atoms in total. The van der Waals surface area contributed by atoms with Crippen LogP contribution in [0.5, 0.6) is 0 Å². The minimum Gasteiger partial charge on any atom is -0.543 e. The highest BCUT2D eigenvalue weighted by Gasteiger charge is 2.53. The minimum atomic E-state index is -1.45. The lowest BCUT2D eigenvalue weighted by Gasteiger charge is -2.50. The monoisotopic (exact) mass is 699 g/mol. The maximum Gasteiger partial charge on any atom is 0.276 e. The first kappa shape index (κ1) is 32.3. The van der Waals surface area contributed by atoms with E-state index < -0.39 is 29.2 Å². The lowest BCUT2D eigenvalue weighted by molar-refractivity contribution is -0.663. The molecule has 2 saturated heterocycles. The number of thiazole rings is 1. The van der Waals surface area contributed by atoms with Crippen molar-refractivity contribution in [3.63, 3.8) is 0 Å². The van der Waals surface area contributed by atoms with Crippen LogP contribution in [0.3, 0.4) is 0 Å². The fourth-order valence-corrected chi connectivity index (χ4v) is 8.36. The third-order valence-corrected chi connectivity index (χ3v) is 10.9. The van der Waals surface area contributed by atoms with Gasteiger partial charge in [0, 0.05) is 60.2 Å². The topological polar surface area (TPSA) is 186 Å². The number of thioether (sulfide) groups is 1. The van der Waals surface area contributed by atoms with Crippen LogP contribution < -0.4 is 20.7 Å². The predicted molar refractivity (Wildman–Crippen MR) is 182 cm³/mol. The highest BCUT2D eigenvalue weighted by Crippen LogP contribution is 2.40. The van der Waals surface area contributed by atoms with E-state index in [-0.39, 0.29) is 28.8 Å². The average molecular weight is 700 g/mol. The smallest absolute Gasteiger partial charge is 0.276 e. The first-order chi connectivity index (χ1) is 23.7. The van der Waals surface area contributed by atoms with Crippen LogP contribution >= 0.6 is 23.1 Å². The van der Waals surface area contributed by atoms with Gasteiger partial charge in [-0.15, -0.1) is 23.1 Å². The number of benzene rings is 1. The third-order valence-electron chi connectivity index (χ3n) is 8.87. The second kappa shape index (κ2) is 13.4. The normalized spacial score (nSPS) is 19.2. The van der Waals surface area contributed by atoms with Crippen molar-refractivity contribution in [1.29, 1.82) is 5.41 Å². The van der Waals surface area contributed by atoms with Crippen molar-refractivity contribution in [2.75, 3.05) is 31.7 Å². The number of amidine groups is 1. The number of hydrogen-bond donors (Lipinski definition) is 3. The lowest BCUT2D eigenvalue weighted by atomic mass is 10.0. The number of carbonyl (C=O) groups is 3. The van der Waals surface area contributed by atoms with E-state index in [0.717, 1.165) is 59.4 Å². The molecular weight excluding hydrogens is 667 g/mol. The van der Waals surface area contributed by atoms with Gasteiger partial charge >= 0.3 is 0 Å². The van der Waals surface area contributed by atoms with E-state index in [1.807, 2.05) is 47.3 Å². The Morgan fingerprint density at radius 3 is 2.67 bits per heavy atom. The number of nitrogens with one attached hydrogen (secondary N) is 2. The number of likely N-dealkylation sites (tertiary alicyclic amines) is 1. The molecule has 0 aliphatic carbocycles. The molecule has 1 aromatic carbocycles. The Morgan fingerprint density at radius 1 is 1.20 bits per heavy atom. The highest BCUT2D eigenvalue weighted by atomic mass is 32.2. The van der Waals surface area contributed by atoms with Gasteiger partial charge in [0.15, 0.2) is 23.6 Å². The van der Waals surface area contributed by atoms with Crippen LogP contribution in [0.4, 0.5) is 5.13 Å². The number of carboxylic acids is 1. The summed E-state index contributed by atoms with van der Waals surface area (Å²) in [6.45, 7) is 2.71. The van der Waals surface area contributed by atoms with Gasteiger partial charge in [-0.2, -0.15) is 4.57 Å². The van der Waals surface area contributed by atoms with E-state index in [1.165, 1.54) is 23.8 Å². The molecule has 252 valence electrons. The number of nitrogens with two attached hydrogens (primary N) is 1. The maximum atomic E-state index is 13.3. The number of β-lactam (4-membered cyclic amide) rings is 1. The summed E-state index contributed by atoms with van der Waals surface area (Å²) in [4.78, 5) is 51.1. The largest absolute Gasteiger partial charge is 0.543 e. The Kier molecular flexibility index (Phi) is 8.81. The van der Waals surface area contributed by atoms with Gasteiger partial charge in [-0.25, -0.2) is 4.98 Å². The van der Waals surface area contributed by atoms with E-state index in [2.05, 4.69) is 37.1 Å². The summed E-state index contributed by atoms with van der Waals surface area (Å²) in [6, 6.07) is 13.0. The molecular formula is C33H33N9O5S2. The number of hydrogen-bond acceptors (Lipinski definition) is 11. The Bertz CT molecular complexity index is 2030. The van der Waals surface area contributed by atoms with Crippen molar-refractivity contribution in [1.82, 2.24) is 24.7 Å². The van der Waals surface area contributed by atoms with Crippen molar-refractivity contribution >= 4 is 68.6 Å². The molecule has 49 heavy (non-hydrogen) atoms. The zero-order chi connectivity index (χ0) is 34.2. The third kappa shape index (κ3) is 6.12. The summed E-state index contributed by atoms with van der Waals surface area (Å²) in [6.07, 6.45) is 6.13. The van der Waals surface area contributed by atoms with Crippen molar-refractivity contribution in [3.05, 3.63) is 88.3 Å². The van der Waals surface area contributed by atoms with E-state index in [4.69, 9.17) is 16.0 Å². The SMILES string of the molecule is CO/N=C(\C(=O)N[C@@H]1C(=O)N2C(C(=O)[O-])=C(C[n+]3cccc4c3ccn4Cc3ccc(C(=N)N4CCCC4)cc3)CS[C@H]12)c1csc(N)n1. The molecule has 2 atom stereocenters. The molecule has 4 N–H and O–H groups in total. The summed E-state index contributed by atoms with van der Waals surface area (Å²) in [5.41, 5.74) is 9.97. The molecule has 3 aliphatic rings. The van der Waals surface area contributed by atoms with Crippen LogP contribution in [0.15, 0.2) is 76.7 Å². The van der Waals surface area contributed by atoms with E-state index in [0.29, 0.717) is 23.7 Å². The lowest BCUT2D eigenvalue weighted by Crippen LogP contribution is -2.71. The molecule has 2 fully saturated rings. The number of fused-ring (bicyclic) bond motifs is 2. The number of nitrogen functional groups attached to an aromatic ring is 1. The van der Waals surface area contributed by atoms with Crippen molar-refractivity contribution in [3.8, 4) is 0 Å². The second-order valence-corrected chi connectivity index (χ2v) is 13.9. The number of oxime groups is 1. The zero-order valence-electron chi connectivity index (χ0n) is 26.5. The molecule has 4 aromatic rings. The molecule has 3 aliphatic heterocycles. The Balaban J connectivity index is 1.07. The number of rotatable bonds is 10. The van der Waals surface area contributed by atoms with Gasteiger partial charge in [0.25, 0.3) is 11.8 Å². The Labute approximate surface area is 289 Å². The molecule has 0 radical (unpaired) electrons. The van der Waals surface area contributed by atoms with Crippen molar-refractivity contribution in [2.45, 2.75) is 37.3 Å². The summed E-state index contributed by atoms with van der Waals surface area (Å²) < 4.78 is 4.09. The summed E-state index contributed by atoms with van der Waals surface area (Å²) >= 11 is 2.49. The van der Waals surface area contributed by atoms with Crippen LogP contribution in [0.1, 0.15) is 29.7 Å². The standard InChI is InChI=1S/C33H33N9O5S2/c1-47-38-25(22-18-49-33(35)36-22)29(43)37-26-30(44)42-27(32(45)46)21(17-48-31(26)42)16-40-13-4-5-23-24(40)10-14-41(23)15-19-6-8-20(9-7-19)28(34)39-11-2-3-12-39/h4-10,13-14,18,26,31,34H,2-3,11-12,15-17H2,1H3,(H3-,35,36,37,43,45,46)/b34-28?,38-25-/t26-,31-/m1/s1. The molecule has 0 saturated carbocycles. The first-order valence-electron chi connectivity index (χ1n) is 15.6. The molecule has 2 amide bonds. The Hall–Kier alpha value is -5.22. The molecule has 0 bridgehead atoms. The molecule has 7 rings (SSSR count). The number of carbonyl (C=O) groups excluding carboxylic acids is 3. The molecule has 3 aromatic heterocycles. The minimum absolute atomic E-state index is 0.148. The number of anilines is 1. The van der Waals surface area contributed by atoms with Crippen LogP contribution in [-0.2, 0) is 32.3 Å². The number of carboxylic acid groups (broad SMARTS) is 1. The van der Waals surface area contributed by atoms with E-state index >= 15 is 0 Å². The van der Waals surface area contributed by atoms with Gasteiger partial charge in [0.1, 0.15) is 35.6 Å². The van der Waals surface area contributed by atoms with Gasteiger partial charge in [0.2, 0.25) is 5.52 Å². The van der Waals surface area contributed by atoms with Crippen LogP contribution in [0, 0.1) is 5.41 Å². The number of aromatic nitrogens is 3. The number of pyridine rings is 1. The van der Waals surface area contributed by atoms with Gasteiger partial charge in [-0.1, -0.05) is 29.4 Å². The summed E-state index contributed by atoms with van der Waals surface area (Å²) in [7, 11) is 1.28.